The maximum atomic E-state index is 12.8. The van der Waals surface area contributed by atoms with Crippen molar-refractivity contribution in [2.45, 2.75) is 19.1 Å². The predicted octanol–water partition coefficient (Wildman–Crippen LogP) is 4.37. The van der Waals surface area contributed by atoms with E-state index in [0.29, 0.717) is 17.0 Å². The fourth-order valence-corrected chi connectivity index (χ4v) is 2.94. The molecule has 0 saturated heterocycles. The second kappa shape index (κ2) is 10.1. The van der Waals surface area contributed by atoms with E-state index >= 15 is 0 Å². The van der Waals surface area contributed by atoms with Gasteiger partial charge in [0.2, 0.25) is 0 Å². The van der Waals surface area contributed by atoms with Crippen LogP contribution in [0, 0.1) is 10.1 Å². The molecule has 3 aromatic rings. The van der Waals surface area contributed by atoms with Crippen LogP contribution in [-0.4, -0.2) is 24.0 Å². The van der Waals surface area contributed by atoms with E-state index in [4.69, 9.17) is 9.47 Å². The Hall–Kier alpha value is -3.87. The molecule has 0 spiro atoms. The first-order valence-electron chi connectivity index (χ1n) is 9.39. The number of carbonyl (C=O) groups excluding carboxylic acids is 1. The molecule has 1 N–H and O–H groups in total. The number of ether oxygens (including phenoxy) is 2. The average molecular weight is 406 g/mol. The summed E-state index contributed by atoms with van der Waals surface area (Å²) in [5, 5.41) is 14.2. The lowest BCUT2D eigenvalue weighted by Gasteiger charge is -2.19. The molecular weight excluding hydrogens is 384 g/mol. The van der Waals surface area contributed by atoms with Crippen molar-refractivity contribution in [1.29, 1.82) is 0 Å². The maximum Gasteiger partial charge on any atom is 0.329 e. The van der Waals surface area contributed by atoms with Gasteiger partial charge in [0.25, 0.3) is 5.69 Å². The van der Waals surface area contributed by atoms with Gasteiger partial charge in [-0.25, -0.2) is 4.79 Å². The van der Waals surface area contributed by atoms with E-state index in [-0.39, 0.29) is 18.7 Å². The number of nitro benzene ring substituents is 1. The Bertz CT molecular complexity index is 990. The fourth-order valence-electron chi connectivity index (χ4n) is 2.94. The fraction of sp³-hybridized carbons (Fsp3) is 0.174. The van der Waals surface area contributed by atoms with Crippen molar-refractivity contribution in [1.82, 2.24) is 0 Å². The number of nitro groups is 1. The van der Waals surface area contributed by atoms with Gasteiger partial charge in [-0.3, -0.25) is 10.1 Å². The van der Waals surface area contributed by atoms with Crippen molar-refractivity contribution in [3.05, 3.63) is 100 Å². The van der Waals surface area contributed by atoms with Gasteiger partial charge in [-0.05, 0) is 35.4 Å². The molecule has 0 radical (unpaired) electrons. The molecule has 0 aliphatic heterocycles. The van der Waals surface area contributed by atoms with Crippen LogP contribution in [0.5, 0.6) is 5.75 Å². The SMILES string of the molecule is COc1ccc(N[C@@H](Cc2cccc([N+](=O)[O-])c2)C(=O)OCc2ccccc2)cc1. The van der Waals surface area contributed by atoms with Crippen molar-refractivity contribution in [3.63, 3.8) is 0 Å². The summed E-state index contributed by atoms with van der Waals surface area (Å²) in [5.41, 5.74) is 2.23. The molecule has 0 bridgehead atoms. The molecule has 3 rings (SSSR count). The quantitative estimate of drug-likeness (QED) is 0.322. The highest BCUT2D eigenvalue weighted by Crippen LogP contribution is 2.20. The molecule has 0 aliphatic carbocycles. The third kappa shape index (κ3) is 5.81. The number of rotatable bonds is 9. The van der Waals surface area contributed by atoms with E-state index in [1.54, 1.807) is 43.5 Å². The Morgan fingerprint density at radius 3 is 2.37 bits per heavy atom. The van der Waals surface area contributed by atoms with Gasteiger partial charge >= 0.3 is 5.97 Å². The summed E-state index contributed by atoms with van der Waals surface area (Å²) in [6, 6.07) is 22.1. The van der Waals surface area contributed by atoms with Gasteiger partial charge in [0, 0.05) is 24.2 Å². The van der Waals surface area contributed by atoms with Crippen LogP contribution >= 0.6 is 0 Å². The number of non-ortho nitro benzene ring substituents is 1. The highest BCUT2D eigenvalue weighted by atomic mass is 16.6. The molecule has 0 fully saturated rings. The first kappa shape index (κ1) is 20.9. The highest BCUT2D eigenvalue weighted by Gasteiger charge is 2.22. The van der Waals surface area contributed by atoms with Gasteiger partial charge in [-0.2, -0.15) is 0 Å². The lowest BCUT2D eigenvalue weighted by molar-refractivity contribution is -0.384. The molecule has 0 saturated carbocycles. The number of nitrogens with one attached hydrogen (secondary N) is 1. The maximum absolute atomic E-state index is 12.8. The van der Waals surface area contributed by atoms with Gasteiger partial charge in [-0.1, -0.05) is 42.5 Å². The zero-order valence-electron chi connectivity index (χ0n) is 16.5. The minimum Gasteiger partial charge on any atom is -0.497 e. The van der Waals surface area contributed by atoms with Gasteiger partial charge in [-0.15, -0.1) is 0 Å². The summed E-state index contributed by atoms with van der Waals surface area (Å²) >= 11 is 0. The number of hydrogen-bond donors (Lipinski definition) is 1. The van der Waals surface area contributed by atoms with Crippen LogP contribution in [0.3, 0.4) is 0 Å². The van der Waals surface area contributed by atoms with Gasteiger partial charge in [0.1, 0.15) is 18.4 Å². The Kier molecular flexibility index (Phi) is 7.00. The van der Waals surface area contributed by atoms with E-state index in [0.717, 1.165) is 5.56 Å². The standard InChI is InChI=1S/C23H22N2O5/c1-29-21-12-10-19(11-13-21)24-22(15-18-8-5-9-20(14-18)25(27)28)23(26)30-16-17-6-3-2-4-7-17/h2-14,22,24H,15-16H2,1H3/t22-/m0/s1. The van der Waals surface area contributed by atoms with E-state index in [1.807, 2.05) is 30.3 Å². The Morgan fingerprint density at radius 1 is 1.00 bits per heavy atom. The van der Waals surface area contributed by atoms with Crippen LogP contribution in [0.25, 0.3) is 0 Å². The molecule has 0 unspecified atom stereocenters. The first-order chi connectivity index (χ1) is 14.5. The third-order valence-electron chi connectivity index (χ3n) is 4.50. The molecule has 7 heteroatoms. The van der Waals surface area contributed by atoms with Gasteiger partial charge < -0.3 is 14.8 Å². The molecule has 0 amide bonds. The summed E-state index contributed by atoms with van der Waals surface area (Å²) in [5.74, 6) is 0.253. The lowest BCUT2D eigenvalue weighted by atomic mass is 10.0. The summed E-state index contributed by atoms with van der Waals surface area (Å²) in [6.07, 6.45) is 0.237. The van der Waals surface area contributed by atoms with E-state index in [9.17, 15) is 14.9 Å². The Balaban J connectivity index is 1.76. The Labute approximate surface area is 174 Å². The molecule has 0 heterocycles. The van der Waals surface area contributed by atoms with E-state index in [2.05, 4.69) is 5.32 Å². The molecular formula is C23H22N2O5. The number of hydrogen-bond acceptors (Lipinski definition) is 6. The zero-order valence-corrected chi connectivity index (χ0v) is 16.5. The van der Waals surface area contributed by atoms with Gasteiger partial charge in [0.05, 0.1) is 12.0 Å². The molecule has 154 valence electrons. The van der Waals surface area contributed by atoms with Crippen LogP contribution in [0.15, 0.2) is 78.9 Å². The number of methoxy groups -OCH3 is 1. The highest BCUT2D eigenvalue weighted by molar-refractivity contribution is 5.80. The molecule has 30 heavy (non-hydrogen) atoms. The normalized spacial score (nSPS) is 11.4. The molecule has 0 aliphatic rings. The van der Waals surface area contributed by atoms with Crippen molar-refractivity contribution in [3.8, 4) is 5.75 Å². The largest absolute Gasteiger partial charge is 0.497 e. The summed E-state index contributed by atoms with van der Waals surface area (Å²) < 4.78 is 10.7. The second-order valence-electron chi connectivity index (χ2n) is 6.65. The summed E-state index contributed by atoms with van der Waals surface area (Å²) in [7, 11) is 1.58. The molecule has 7 nitrogen and oxygen atoms in total. The van der Waals surface area contributed by atoms with Crippen molar-refractivity contribution >= 4 is 17.3 Å². The number of benzene rings is 3. The molecule has 3 aromatic carbocycles. The van der Waals surface area contributed by atoms with Gasteiger partial charge in [0.15, 0.2) is 0 Å². The van der Waals surface area contributed by atoms with Crippen LogP contribution in [0.1, 0.15) is 11.1 Å². The molecule has 1 atom stereocenters. The molecule has 0 aromatic heterocycles. The number of carbonyl (C=O) groups is 1. The smallest absolute Gasteiger partial charge is 0.329 e. The predicted molar refractivity (Wildman–Crippen MR) is 113 cm³/mol. The lowest BCUT2D eigenvalue weighted by Crippen LogP contribution is -2.33. The monoisotopic (exact) mass is 406 g/mol. The minimum atomic E-state index is -0.718. The number of anilines is 1. The van der Waals surface area contributed by atoms with Crippen LogP contribution in [0.4, 0.5) is 11.4 Å². The Morgan fingerprint density at radius 2 is 1.70 bits per heavy atom. The average Bonchev–Trinajstić information content (AvgIpc) is 2.78. The summed E-state index contributed by atoms with van der Waals surface area (Å²) in [6.45, 7) is 0.148. The summed E-state index contributed by atoms with van der Waals surface area (Å²) in [4.78, 5) is 23.4. The van der Waals surface area contributed by atoms with Crippen LogP contribution < -0.4 is 10.1 Å². The first-order valence-corrected chi connectivity index (χ1v) is 9.39. The second-order valence-corrected chi connectivity index (χ2v) is 6.65. The van der Waals surface area contributed by atoms with E-state index in [1.165, 1.54) is 12.1 Å². The topological polar surface area (TPSA) is 90.7 Å². The minimum absolute atomic E-state index is 0.0200. The number of nitrogens with zero attached hydrogens (tertiary/aromatic N) is 1. The van der Waals surface area contributed by atoms with Crippen LogP contribution in [-0.2, 0) is 22.6 Å². The zero-order chi connectivity index (χ0) is 21.3. The van der Waals surface area contributed by atoms with Crippen molar-refractivity contribution in [2.75, 3.05) is 12.4 Å². The number of esters is 1. The van der Waals surface area contributed by atoms with Crippen molar-refractivity contribution < 1.29 is 19.2 Å². The van der Waals surface area contributed by atoms with Crippen molar-refractivity contribution in [2.24, 2.45) is 0 Å². The van der Waals surface area contributed by atoms with E-state index < -0.39 is 16.9 Å². The third-order valence-corrected chi connectivity index (χ3v) is 4.50. The van der Waals surface area contributed by atoms with Crippen LogP contribution in [0.2, 0.25) is 0 Å².